The molecule has 1 fully saturated rings. The molecule has 2 N–H and O–H groups in total. The summed E-state index contributed by atoms with van der Waals surface area (Å²) in [7, 11) is 1.93. The molecule has 1 heterocycles. The third-order valence-electron chi connectivity index (χ3n) is 1.80. The van der Waals surface area contributed by atoms with E-state index in [0.717, 1.165) is 19.4 Å². The van der Waals surface area contributed by atoms with E-state index in [9.17, 15) is 4.79 Å². The molecule has 1 rings (SSSR count). The van der Waals surface area contributed by atoms with Crippen LogP contribution in [0.5, 0.6) is 0 Å². The van der Waals surface area contributed by atoms with Gasteiger partial charge >= 0.3 is 0 Å². The first-order valence-electron chi connectivity index (χ1n) is 3.72. The van der Waals surface area contributed by atoms with Crippen molar-refractivity contribution in [1.29, 1.82) is 0 Å². The summed E-state index contributed by atoms with van der Waals surface area (Å²) >= 11 is 0. The minimum absolute atomic E-state index is 0.348. The Labute approximate surface area is 61.2 Å². The lowest BCUT2D eigenvalue weighted by Gasteiger charge is -2.06. The lowest BCUT2D eigenvalue weighted by molar-refractivity contribution is -0.116. The normalized spacial score (nSPS) is 25.7. The maximum absolute atomic E-state index is 10.7. The Morgan fingerprint density at radius 1 is 1.80 bits per heavy atom. The SMILES string of the molecule is CNCCC1CC(=O)CN1. The highest BCUT2D eigenvalue weighted by Crippen LogP contribution is 2.04. The van der Waals surface area contributed by atoms with Crippen LogP contribution in [0.2, 0.25) is 0 Å². The second-order valence-corrected chi connectivity index (χ2v) is 2.71. The van der Waals surface area contributed by atoms with Gasteiger partial charge in [0.1, 0.15) is 5.78 Å². The maximum Gasteiger partial charge on any atom is 0.148 e. The standard InChI is InChI=1S/C7H14N2O/c1-8-3-2-6-4-7(10)5-9-6/h6,8-9H,2-5H2,1H3. The van der Waals surface area contributed by atoms with Crippen molar-refractivity contribution in [2.24, 2.45) is 0 Å². The Balaban J connectivity index is 2.12. The third kappa shape index (κ3) is 2.08. The average molecular weight is 142 g/mol. The van der Waals surface area contributed by atoms with E-state index in [0.29, 0.717) is 18.4 Å². The molecular weight excluding hydrogens is 128 g/mol. The number of nitrogens with one attached hydrogen (secondary N) is 2. The molecule has 0 amide bonds. The molecule has 0 aliphatic carbocycles. The fraction of sp³-hybridized carbons (Fsp3) is 0.857. The van der Waals surface area contributed by atoms with Crippen LogP contribution in [-0.2, 0) is 4.79 Å². The first kappa shape index (κ1) is 7.69. The topological polar surface area (TPSA) is 41.1 Å². The zero-order valence-electron chi connectivity index (χ0n) is 6.31. The van der Waals surface area contributed by atoms with Crippen LogP contribution in [0.1, 0.15) is 12.8 Å². The van der Waals surface area contributed by atoms with Gasteiger partial charge in [-0.25, -0.2) is 0 Å². The number of hydrogen-bond acceptors (Lipinski definition) is 3. The monoisotopic (exact) mass is 142 g/mol. The van der Waals surface area contributed by atoms with Gasteiger partial charge < -0.3 is 10.6 Å². The van der Waals surface area contributed by atoms with E-state index in [1.807, 2.05) is 7.05 Å². The molecule has 3 heteroatoms. The van der Waals surface area contributed by atoms with Gasteiger partial charge in [0.25, 0.3) is 0 Å². The molecule has 1 unspecified atom stereocenters. The minimum atomic E-state index is 0.348. The summed E-state index contributed by atoms with van der Waals surface area (Å²) in [5, 5.41) is 6.21. The molecule has 3 nitrogen and oxygen atoms in total. The fourth-order valence-electron chi connectivity index (χ4n) is 1.20. The van der Waals surface area contributed by atoms with Gasteiger partial charge in [-0.2, -0.15) is 0 Å². The molecule has 1 atom stereocenters. The van der Waals surface area contributed by atoms with Crippen molar-refractivity contribution in [2.45, 2.75) is 18.9 Å². The predicted molar refractivity (Wildman–Crippen MR) is 40.0 cm³/mol. The first-order chi connectivity index (χ1) is 4.83. The van der Waals surface area contributed by atoms with Gasteiger partial charge in [0, 0.05) is 12.5 Å². The van der Waals surface area contributed by atoms with Gasteiger partial charge in [-0.3, -0.25) is 4.79 Å². The molecule has 0 spiro atoms. The second-order valence-electron chi connectivity index (χ2n) is 2.71. The van der Waals surface area contributed by atoms with Gasteiger partial charge in [-0.15, -0.1) is 0 Å². The molecular formula is C7H14N2O. The lowest BCUT2D eigenvalue weighted by Crippen LogP contribution is -2.25. The molecule has 1 aliphatic rings. The molecule has 0 aromatic carbocycles. The zero-order valence-corrected chi connectivity index (χ0v) is 6.31. The number of ketones is 1. The molecule has 10 heavy (non-hydrogen) atoms. The van der Waals surface area contributed by atoms with Crippen molar-refractivity contribution in [2.75, 3.05) is 20.1 Å². The van der Waals surface area contributed by atoms with Crippen LogP contribution >= 0.6 is 0 Å². The maximum atomic E-state index is 10.7. The molecule has 0 saturated carbocycles. The Morgan fingerprint density at radius 2 is 2.60 bits per heavy atom. The number of rotatable bonds is 3. The Hall–Kier alpha value is -0.410. The van der Waals surface area contributed by atoms with Crippen molar-refractivity contribution in [3.05, 3.63) is 0 Å². The van der Waals surface area contributed by atoms with Gasteiger partial charge in [0.2, 0.25) is 0 Å². The highest BCUT2D eigenvalue weighted by Gasteiger charge is 2.19. The molecule has 1 saturated heterocycles. The van der Waals surface area contributed by atoms with Crippen LogP contribution in [0.4, 0.5) is 0 Å². The number of Topliss-reactive ketones (excluding diaryl/α,β-unsaturated/α-hetero) is 1. The number of carbonyl (C=O) groups is 1. The summed E-state index contributed by atoms with van der Waals surface area (Å²) < 4.78 is 0. The van der Waals surface area contributed by atoms with E-state index >= 15 is 0 Å². The molecule has 0 aromatic rings. The smallest absolute Gasteiger partial charge is 0.148 e. The molecule has 0 bridgehead atoms. The van der Waals surface area contributed by atoms with E-state index in [-0.39, 0.29) is 0 Å². The highest BCUT2D eigenvalue weighted by atomic mass is 16.1. The average Bonchev–Trinajstić information content (AvgIpc) is 2.31. The quantitative estimate of drug-likeness (QED) is 0.559. The Morgan fingerprint density at radius 3 is 3.10 bits per heavy atom. The summed E-state index contributed by atoms with van der Waals surface area (Å²) in [5.41, 5.74) is 0. The molecule has 58 valence electrons. The van der Waals surface area contributed by atoms with Crippen molar-refractivity contribution in [3.63, 3.8) is 0 Å². The first-order valence-corrected chi connectivity index (χ1v) is 3.72. The van der Waals surface area contributed by atoms with E-state index in [1.165, 1.54) is 0 Å². The predicted octanol–water partition coefficient (Wildman–Crippen LogP) is -0.473. The van der Waals surface area contributed by atoms with Crippen LogP contribution in [0, 0.1) is 0 Å². The van der Waals surface area contributed by atoms with Crippen LogP contribution in [0.15, 0.2) is 0 Å². The number of hydrogen-bond donors (Lipinski definition) is 2. The van der Waals surface area contributed by atoms with Crippen molar-refractivity contribution in [3.8, 4) is 0 Å². The summed E-state index contributed by atoms with van der Waals surface area (Å²) in [6.45, 7) is 1.57. The van der Waals surface area contributed by atoms with Gasteiger partial charge in [-0.1, -0.05) is 0 Å². The largest absolute Gasteiger partial charge is 0.320 e. The van der Waals surface area contributed by atoms with Gasteiger partial charge in [0.05, 0.1) is 6.54 Å². The van der Waals surface area contributed by atoms with Crippen LogP contribution in [-0.4, -0.2) is 32.0 Å². The molecule has 0 aromatic heterocycles. The number of carbonyl (C=O) groups excluding carboxylic acids is 1. The zero-order chi connectivity index (χ0) is 7.40. The summed E-state index contributed by atoms with van der Waals surface area (Å²) in [6.07, 6.45) is 1.78. The van der Waals surface area contributed by atoms with E-state index in [1.54, 1.807) is 0 Å². The van der Waals surface area contributed by atoms with E-state index in [2.05, 4.69) is 10.6 Å². The highest BCUT2D eigenvalue weighted by molar-refractivity contribution is 5.83. The third-order valence-corrected chi connectivity index (χ3v) is 1.80. The van der Waals surface area contributed by atoms with Crippen LogP contribution in [0.25, 0.3) is 0 Å². The molecule has 1 aliphatic heterocycles. The van der Waals surface area contributed by atoms with Gasteiger partial charge in [-0.05, 0) is 20.0 Å². The van der Waals surface area contributed by atoms with Crippen molar-refractivity contribution < 1.29 is 4.79 Å². The van der Waals surface area contributed by atoms with Crippen LogP contribution < -0.4 is 10.6 Å². The Kier molecular flexibility index (Phi) is 2.83. The summed E-state index contributed by atoms with van der Waals surface area (Å²) in [5.74, 6) is 0.348. The molecule has 0 radical (unpaired) electrons. The van der Waals surface area contributed by atoms with Crippen molar-refractivity contribution in [1.82, 2.24) is 10.6 Å². The minimum Gasteiger partial charge on any atom is -0.320 e. The Bertz CT molecular complexity index is 125. The summed E-state index contributed by atoms with van der Waals surface area (Å²) in [6, 6.07) is 0.431. The van der Waals surface area contributed by atoms with E-state index in [4.69, 9.17) is 0 Å². The second kappa shape index (κ2) is 3.68. The van der Waals surface area contributed by atoms with Gasteiger partial charge in [0.15, 0.2) is 0 Å². The fourth-order valence-corrected chi connectivity index (χ4v) is 1.20. The lowest BCUT2D eigenvalue weighted by atomic mass is 10.1. The van der Waals surface area contributed by atoms with Crippen molar-refractivity contribution >= 4 is 5.78 Å². The van der Waals surface area contributed by atoms with E-state index < -0.39 is 0 Å². The summed E-state index contributed by atoms with van der Waals surface area (Å²) in [4.78, 5) is 10.7. The van der Waals surface area contributed by atoms with Crippen LogP contribution in [0.3, 0.4) is 0 Å².